The average molecular weight is 289 g/mol. The number of hydrogen-bond acceptors (Lipinski definition) is 4. The second-order valence-electron chi connectivity index (χ2n) is 5.79. The third-order valence-corrected chi connectivity index (χ3v) is 4.10. The van der Waals surface area contributed by atoms with Crippen molar-refractivity contribution in [2.45, 2.75) is 25.9 Å². The van der Waals surface area contributed by atoms with Crippen LogP contribution in [-0.4, -0.2) is 29.0 Å². The van der Waals surface area contributed by atoms with E-state index in [4.69, 9.17) is 10.2 Å². The van der Waals surface area contributed by atoms with Gasteiger partial charge in [0.05, 0.1) is 12.7 Å². The second kappa shape index (κ2) is 5.95. The zero-order chi connectivity index (χ0) is 14.8. The molecule has 2 unspecified atom stereocenters. The number of rotatable bonds is 3. The summed E-state index contributed by atoms with van der Waals surface area (Å²) in [6.45, 7) is 4.81. The summed E-state index contributed by atoms with van der Waals surface area (Å²) in [5, 5.41) is 0. The molecule has 21 heavy (non-hydrogen) atoms. The quantitative estimate of drug-likeness (QED) is 0.944. The van der Waals surface area contributed by atoms with Gasteiger partial charge in [-0.05, 0) is 36.6 Å². The molecule has 0 aliphatic carbocycles. The molecule has 2 N–H and O–H groups in total. The Morgan fingerprint density at radius 2 is 2.14 bits per heavy atom. The van der Waals surface area contributed by atoms with Gasteiger partial charge in [0.2, 0.25) is 5.89 Å². The number of hydrogen-bond donors (Lipinski definition) is 1. The molecule has 2 heterocycles. The van der Waals surface area contributed by atoms with Crippen LogP contribution in [0.15, 0.2) is 34.9 Å². The smallest absolute Gasteiger partial charge is 0.209 e. The van der Waals surface area contributed by atoms with Gasteiger partial charge in [0, 0.05) is 24.7 Å². The molecular weight excluding hydrogens is 269 g/mol. The maximum atomic E-state index is 12.9. The third-order valence-electron chi connectivity index (χ3n) is 4.10. The third kappa shape index (κ3) is 3.31. The molecule has 2 aromatic rings. The molecule has 0 bridgehead atoms. The van der Waals surface area contributed by atoms with Gasteiger partial charge in [-0.15, -0.1) is 0 Å². The molecule has 1 aliphatic rings. The highest BCUT2D eigenvalue weighted by Crippen LogP contribution is 2.22. The molecule has 1 aromatic carbocycles. The van der Waals surface area contributed by atoms with Gasteiger partial charge >= 0.3 is 0 Å². The van der Waals surface area contributed by atoms with E-state index in [2.05, 4.69) is 16.8 Å². The molecule has 1 fully saturated rings. The Labute approximate surface area is 123 Å². The maximum absolute atomic E-state index is 12.9. The van der Waals surface area contributed by atoms with E-state index in [1.165, 1.54) is 12.1 Å². The van der Waals surface area contributed by atoms with E-state index in [1.54, 1.807) is 18.3 Å². The van der Waals surface area contributed by atoms with E-state index in [-0.39, 0.29) is 5.82 Å². The highest BCUT2D eigenvalue weighted by molar-refractivity contribution is 5.55. The van der Waals surface area contributed by atoms with Gasteiger partial charge in [-0.2, -0.15) is 0 Å². The number of benzene rings is 1. The van der Waals surface area contributed by atoms with E-state index < -0.39 is 0 Å². The molecule has 1 aromatic heterocycles. The first kappa shape index (κ1) is 14.2. The Morgan fingerprint density at radius 3 is 2.86 bits per heavy atom. The van der Waals surface area contributed by atoms with Crippen molar-refractivity contribution in [3.63, 3.8) is 0 Å². The van der Waals surface area contributed by atoms with Gasteiger partial charge in [-0.3, -0.25) is 4.90 Å². The van der Waals surface area contributed by atoms with Crippen molar-refractivity contribution in [1.82, 2.24) is 9.88 Å². The lowest BCUT2D eigenvalue weighted by atomic mass is 9.95. The fourth-order valence-corrected chi connectivity index (χ4v) is 2.72. The van der Waals surface area contributed by atoms with E-state index >= 15 is 0 Å². The first-order valence-electron chi connectivity index (χ1n) is 7.30. The molecule has 2 atom stereocenters. The van der Waals surface area contributed by atoms with Crippen molar-refractivity contribution in [3.05, 3.63) is 42.2 Å². The molecule has 3 rings (SSSR count). The van der Waals surface area contributed by atoms with Crippen LogP contribution in [0.1, 0.15) is 19.2 Å². The van der Waals surface area contributed by atoms with Gasteiger partial charge in [0.1, 0.15) is 5.82 Å². The van der Waals surface area contributed by atoms with Gasteiger partial charge in [-0.1, -0.05) is 6.92 Å². The molecule has 0 spiro atoms. The monoisotopic (exact) mass is 289 g/mol. The predicted molar refractivity (Wildman–Crippen MR) is 78.9 cm³/mol. The van der Waals surface area contributed by atoms with Crippen LogP contribution in [0.4, 0.5) is 4.39 Å². The zero-order valence-corrected chi connectivity index (χ0v) is 12.1. The minimum absolute atomic E-state index is 0.253. The number of likely N-dealkylation sites (tertiary alicyclic amines) is 1. The first-order chi connectivity index (χ1) is 10.1. The van der Waals surface area contributed by atoms with Crippen LogP contribution in [0.2, 0.25) is 0 Å². The van der Waals surface area contributed by atoms with E-state index in [0.29, 0.717) is 30.2 Å². The number of nitrogens with two attached hydrogens (primary N) is 1. The number of aromatic nitrogens is 1. The molecule has 4 nitrogen and oxygen atoms in total. The lowest BCUT2D eigenvalue weighted by molar-refractivity contribution is 0.146. The average Bonchev–Trinajstić information content (AvgIpc) is 2.92. The zero-order valence-electron chi connectivity index (χ0n) is 12.1. The number of piperidine rings is 1. The molecule has 0 saturated carbocycles. The Bertz CT molecular complexity index is 596. The summed E-state index contributed by atoms with van der Waals surface area (Å²) in [5.74, 6) is 1.60. The summed E-state index contributed by atoms with van der Waals surface area (Å²) in [7, 11) is 0. The van der Waals surface area contributed by atoms with E-state index in [0.717, 1.165) is 25.1 Å². The molecule has 1 aliphatic heterocycles. The number of nitrogens with zero attached hydrogens (tertiary/aromatic N) is 2. The van der Waals surface area contributed by atoms with Crippen molar-refractivity contribution in [2.75, 3.05) is 13.1 Å². The van der Waals surface area contributed by atoms with Crippen molar-refractivity contribution < 1.29 is 8.81 Å². The molecule has 0 radical (unpaired) electrons. The Hall–Kier alpha value is -1.72. The van der Waals surface area contributed by atoms with Crippen molar-refractivity contribution >= 4 is 0 Å². The fraction of sp³-hybridized carbons (Fsp3) is 0.438. The highest BCUT2D eigenvalue weighted by Gasteiger charge is 2.24. The molecular formula is C16H20FN3O. The summed E-state index contributed by atoms with van der Waals surface area (Å²) in [6.07, 6.45) is 2.70. The normalized spacial score (nSPS) is 23.4. The standard InChI is InChI=1S/C16H20FN3O/c1-11-9-20(7-6-14(11)18)10-16-19-8-15(21-16)12-2-4-13(17)5-3-12/h2-5,8,11,14H,6-7,9-10,18H2,1H3. The van der Waals surface area contributed by atoms with Gasteiger partial charge in [0.15, 0.2) is 5.76 Å². The van der Waals surface area contributed by atoms with Gasteiger partial charge < -0.3 is 10.2 Å². The Morgan fingerprint density at radius 1 is 1.38 bits per heavy atom. The summed E-state index contributed by atoms with van der Waals surface area (Å²) in [5.41, 5.74) is 6.87. The molecule has 5 heteroatoms. The lowest BCUT2D eigenvalue weighted by Crippen LogP contribution is -2.45. The van der Waals surface area contributed by atoms with Crippen LogP contribution in [0.25, 0.3) is 11.3 Å². The second-order valence-corrected chi connectivity index (χ2v) is 5.79. The van der Waals surface area contributed by atoms with Gasteiger partial charge in [0.25, 0.3) is 0 Å². The van der Waals surface area contributed by atoms with Crippen LogP contribution in [0.5, 0.6) is 0 Å². The Balaban J connectivity index is 1.66. The van der Waals surface area contributed by atoms with Crippen LogP contribution in [0.3, 0.4) is 0 Å². The van der Waals surface area contributed by atoms with Crippen molar-refractivity contribution in [3.8, 4) is 11.3 Å². The highest BCUT2D eigenvalue weighted by atomic mass is 19.1. The Kier molecular flexibility index (Phi) is 4.03. The van der Waals surface area contributed by atoms with Crippen molar-refractivity contribution in [1.29, 1.82) is 0 Å². The number of halogens is 1. The number of oxazole rings is 1. The summed E-state index contributed by atoms with van der Waals surface area (Å²) < 4.78 is 18.7. The fourth-order valence-electron chi connectivity index (χ4n) is 2.72. The summed E-state index contributed by atoms with van der Waals surface area (Å²) >= 11 is 0. The van der Waals surface area contributed by atoms with Crippen molar-refractivity contribution in [2.24, 2.45) is 11.7 Å². The summed E-state index contributed by atoms with van der Waals surface area (Å²) in [4.78, 5) is 6.63. The largest absolute Gasteiger partial charge is 0.439 e. The van der Waals surface area contributed by atoms with Crippen LogP contribution < -0.4 is 5.73 Å². The van der Waals surface area contributed by atoms with E-state index in [9.17, 15) is 4.39 Å². The van der Waals surface area contributed by atoms with Crippen LogP contribution in [-0.2, 0) is 6.54 Å². The molecule has 1 saturated heterocycles. The molecule has 112 valence electrons. The van der Waals surface area contributed by atoms with Gasteiger partial charge in [-0.25, -0.2) is 9.37 Å². The van der Waals surface area contributed by atoms with Crippen LogP contribution >= 0.6 is 0 Å². The van der Waals surface area contributed by atoms with Crippen LogP contribution in [0, 0.1) is 11.7 Å². The first-order valence-corrected chi connectivity index (χ1v) is 7.30. The summed E-state index contributed by atoms with van der Waals surface area (Å²) in [6, 6.07) is 6.53. The molecule has 0 amide bonds. The predicted octanol–water partition coefficient (Wildman–Crippen LogP) is 2.65. The minimum Gasteiger partial charge on any atom is -0.439 e. The maximum Gasteiger partial charge on any atom is 0.209 e. The minimum atomic E-state index is -0.253. The topological polar surface area (TPSA) is 55.3 Å². The lowest BCUT2D eigenvalue weighted by Gasteiger charge is -2.34. The van der Waals surface area contributed by atoms with E-state index in [1.807, 2.05) is 0 Å². The SMILES string of the molecule is CC1CN(Cc2ncc(-c3ccc(F)cc3)o2)CCC1N.